The molecule has 1 aliphatic rings. The van der Waals surface area contributed by atoms with Gasteiger partial charge < -0.3 is 25.0 Å². The molecular formula is C18H22N4O3. The van der Waals surface area contributed by atoms with E-state index in [0.717, 1.165) is 22.9 Å². The highest BCUT2D eigenvalue weighted by Crippen LogP contribution is 2.30. The highest BCUT2D eigenvalue weighted by Gasteiger charge is 2.11. The Balaban J connectivity index is 1.46. The van der Waals surface area contributed by atoms with Gasteiger partial charge in [0.1, 0.15) is 19.0 Å². The third-order valence-corrected chi connectivity index (χ3v) is 3.77. The van der Waals surface area contributed by atoms with Crippen molar-refractivity contribution in [2.24, 2.45) is 0 Å². The maximum Gasteiger partial charge on any atom is 0.319 e. The Kier molecular flexibility index (Phi) is 5.23. The van der Waals surface area contributed by atoms with E-state index in [1.807, 2.05) is 49.3 Å². The number of carbonyl (C=O) groups excluding carboxylic acids is 1. The van der Waals surface area contributed by atoms with Crippen LogP contribution in [-0.4, -0.2) is 44.9 Å². The molecule has 25 heavy (non-hydrogen) atoms. The molecule has 2 aromatic rings. The first-order chi connectivity index (χ1) is 12.1. The summed E-state index contributed by atoms with van der Waals surface area (Å²) in [4.78, 5) is 18.1. The Morgan fingerprint density at radius 2 is 1.96 bits per heavy atom. The smallest absolute Gasteiger partial charge is 0.319 e. The molecular weight excluding hydrogens is 320 g/mol. The van der Waals surface area contributed by atoms with E-state index in [1.165, 1.54) is 0 Å². The second-order valence-electron chi connectivity index (χ2n) is 5.91. The van der Waals surface area contributed by atoms with Crippen LogP contribution in [0.4, 0.5) is 16.3 Å². The minimum absolute atomic E-state index is 0.253. The molecule has 0 fully saturated rings. The molecule has 132 valence electrons. The van der Waals surface area contributed by atoms with Crippen LogP contribution in [0.3, 0.4) is 0 Å². The standard InChI is InChI=1S/C18H22N4O3/c1-22(2)17-6-4-14(12-20-17)21-18(23)19-8-7-13-3-5-15-16(11-13)25-10-9-24-15/h3-6,11-12H,7-10H2,1-2H3,(H2,19,21,23). The number of fused-ring (bicyclic) bond motifs is 1. The van der Waals surface area contributed by atoms with Crippen LogP contribution in [0, 0.1) is 0 Å². The van der Waals surface area contributed by atoms with E-state index < -0.39 is 0 Å². The molecule has 1 aliphatic heterocycles. The van der Waals surface area contributed by atoms with Crippen LogP contribution in [0.1, 0.15) is 5.56 Å². The molecule has 0 radical (unpaired) electrons. The van der Waals surface area contributed by atoms with E-state index in [4.69, 9.17) is 9.47 Å². The molecule has 1 aromatic heterocycles. The number of anilines is 2. The number of amides is 2. The lowest BCUT2D eigenvalue weighted by Gasteiger charge is -2.18. The number of urea groups is 1. The summed E-state index contributed by atoms with van der Waals surface area (Å²) >= 11 is 0. The number of aromatic nitrogens is 1. The van der Waals surface area contributed by atoms with Crippen LogP contribution in [-0.2, 0) is 6.42 Å². The molecule has 3 rings (SSSR count). The Bertz CT molecular complexity index is 732. The van der Waals surface area contributed by atoms with Gasteiger partial charge in [-0.05, 0) is 36.2 Å². The van der Waals surface area contributed by atoms with Crippen LogP contribution >= 0.6 is 0 Å². The van der Waals surface area contributed by atoms with E-state index in [1.54, 1.807) is 6.20 Å². The number of carbonyl (C=O) groups is 1. The van der Waals surface area contributed by atoms with Crippen LogP contribution in [0.15, 0.2) is 36.5 Å². The zero-order chi connectivity index (χ0) is 17.6. The lowest BCUT2D eigenvalue weighted by molar-refractivity contribution is 0.171. The van der Waals surface area contributed by atoms with Crippen molar-refractivity contribution in [3.8, 4) is 11.5 Å². The first kappa shape index (κ1) is 16.9. The predicted octanol–water partition coefficient (Wildman–Crippen LogP) is 2.28. The van der Waals surface area contributed by atoms with Crippen LogP contribution < -0.4 is 25.0 Å². The molecule has 0 aliphatic carbocycles. The van der Waals surface area contributed by atoms with E-state index in [9.17, 15) is 4.79 Å². The topological polar surface area (TPSA) is 75.7 Å². The van der Waals surface area contributed by atoms with Crippen LogP contribution in [0.2, 0.25) is 0 Å². The van der Waals surface area contributed by atoms with Crippen molar-refractivity contribution < 1.29 is 14.3 Å². The predicted molar refractivity (Wildman–Crippen MR) is 96.7 cm³/mol. The number of nitrogens with one attached hydrogen (secondary N) is 2. The van der Waals surface area contributed by atoms with Crippen molar-refractivity contribution >= 4 is 17.5 Å². The Labute approximate surface area is 147 Å². The molecule has 7 nitrogen and oxygen atoms in total. The maximum atomic E-state index is 11.9. The van der Waals surface area contributed by atoms with Crippen molar-refractivity contribution in [3.05, 3.63) is 42.1 Å². The normalized spacial score (nSPS) is 12.4. The number of nitrogens with zero attached hydrogens (tertiary/aromatic N) is 2. The van der Waals surface area contributed by atoms with Gasteiger partial charge in [-0.25, -0.2) is 9.78 Å². The van der Waals surface area contributed by atoms with Gasteiger partial charge >= 0.3 is 6.03 Å². The molecule has 7 heteroatoms. The van der Waals surface area contributed by atoms with Crippen molar-refractivity contribution in [2.75, 3.05) is 44.1 Å². The Morgan fingerprint density at radius 1 is 1.16 bits per heavy atom. The summed E-state index contributed by atoms with van der Waals surface area (Å²) in [5.41, 5.74) is 1.74. The number of ether oxygens (including phenoxy) is 2. The van der Waals surface area contributed by atoms with Crippen LogP contribution in [0.25, 0.3) is 0 Å². The SMILES string of the molecule is CN(C)c1ccc(NC(=O)NCCc2ccc3c(c2)OCCO3)cn1. The molecule has 0 saturated carbocycles. The zero-order valence-corrected chi connectivity index (χ0v) is 14.4. The minimum atomic E-state index is -0.253. The van der Waals surface area contributed by atoms with Crippen molar-refractivity contribution in [1.29, 1.82) is 0 Å². The van der Waals surface area contributed by atoms with Gasteiger partial charge in [0, 0.05) is 20.6 Å². The highest BCUT2D eigenvalue weighted by atomic mass is 16.6. The third kappa shape index (κ3) is 4.53. The van der Waals surface area contributed by atoms with Crippen molar-refractivity contribution in [2.45, 2.75) is 6.42 Å². The average molecular weight is 342 g/mol. The molecule has 0 saturated heterocycles. The second-order valence-corrected chi connectivity index (χ2v) is 5.91. The molecule has 2 N–H and O–H groups in total. The number of hydrogen-bond donors (Lipinski definition) is 2. The number of hydrogen-bond acceptors (Lipinski definition) is 5. The first-order valence-corrected chi connectivity index (χ1v) is 8.18. The largest absolute Gasteiger partial charge is 0.486 e. The monoisotopic (exact) mass is 342 g/mol. The summed E-state index contributed by atoms with van der Waals surface area (Å²) < 4.78 is 11.1. The Hall–Kier alpha value is -2.96. The lowest BCUT2D eigenvalue weighted by Crippen LogP contribution is -2.30. The zero-order valence-electron chi connectivity index (χ0n) is 14.4. The molecule has 0 unspecified atom stereocenters. The third-order valence-electron chi connectivity index (χ3n) is 3.77. The van der Waals surface area contributed by atoms with E-state index in [0.29, 0.717) is 31.9 Å². The first-order valence-electron chi connectivity index (χ1n) is 8.18. The summed E-state index contributed by atoms with van der Waals surface area (Å²) in [7, 11) is 3.83. The van der Waals surface area contributed by atoms with Crippen LogP contribution in [0.5, 0.6) is 11.5 Å². The molecule has 1 aromatic carbocycles. The number of benzene rings is 1. The van der Waals surface area contributed by atoms with E-state index in [-0.39, 0.29) is 6.03 Å². The van der Waals surface area contributed by atoms with Gasteiger partial charge in [-0.15, -0.1) is 0 Å². The van der Waals surface area contributed by atoms with E-state index >= 15 is 0 Å². The molecule has 0 bridgehead atoms. The van der Waals surface area contributed by atoms with Gasteiger partial charge in [0.25, 0.3) is 0 Å². The minimum Gasteiger partial charge on any atom is -0.486 e. The fourth-order valence-corrected chi connectivity index (χ4v) is 2.46. The highest BCUT2D eigenvalue weighted by molar-refractivity contribution is 5.89. The second kappa shape index (κ2) is 7.74. The quantitative estimate of drug-likeness (QED) is 0.872. The Morgan fingerprint density at radius 3 is 2.68 bits per heavy atom. The van der Waals surface area contributed by atoms with Gasteiger partial charge in [0.05, 0.1) is 11.9 Å². The maximum absolute atomic E-state index is 11.9. The summed E-state index contributed by atoms with van der Waals surface area (Å²) in [5, 5.41) is 5.61. The number of pyridine rings is 1. The van der Waals surface area contributed by atoms with Gasteiger partial charge in [0.2, 0.25) is 0 Å². The summed E-state index contributed by atoms with van der Waals surface area (Å²) in [6, 6.07) is 9.27. The molecule has 0 spiro atoms. The lowest BCUT2D eigenvalue weighted by atomic mass is 10.1. The van der Waals surface area contributed by atoms with Crippen molar-refractivity contribution in [1.82, 2.24) is 10.3 Å². The molecule has 0 atom stereocenters. The molecule has 2 amide bonds. The van der Waals surface area contributed by atoms with E-state index in [2.05, 4.69) is 15.6 Å². The fourth-order valence-electron chi connectivity index (χ4n) is 2.46. The fraction of sp³-hybridized carbons (Fsp3) is 0.333. The summed E-state index contributed by atoms with van der Waals surface area (Å²) in [6.45, 7) is 1.67. The average Bonchev–Trinajstić information content (AvgIpc) is 2.62. The van der Waals surface area contributed by atoms with Gasteiger partial charge in [-0.1, -0.05) is 6.07 Å². The number of rotatable bonds is 5. The molecule has 2 heterocycles. The summed E-state index contributed by atoms with van der Waals surface area (Å²) in [5.74, 6) is 2.37. The van der Waals surface area contributed by atoms with Gasteiger partial charge in [-0.2, -0.15) is 0 Å². The van der Waals surface area contributed by atoms with Gasteiger partial charge in [0.15, 0.2) is 11.5 Å². The van der Waals surface area contributed by atoms with Gasteiger partial charge in [-0.3, -0.25) is 0 Å². The summed E-state index contributed by atoms with van der Waals surface area (Å²) in [6.07, 6.45) is 2.34. The van der Waals surface area contributed by atoms with Crippen molar-refractivity contribution in [3.63, 3.8) is 0 Å².